The number of aromatic nitrogens is 4. The van der Waals surface area contributed by atoms with Gasteiger partial charge in [-0.1, -0.05) is 23.5 Å². The van der Waals surface area contributed by atoms with Crippen molar-refractivity contribution in [3.05, 3.63) is 76.8 Å². The number of nitriles is 1. The Labute approximate surface area is 222 Å². The molecule has 0 aliphatic carbocycles. The molecule has 1 aliphatic rings. The van der Waals surface area contributed by atoms with Crippen LogP contribution in [0.15, 0.2) is 55.0 Å². The first-order valence-electron chi connectivity index (χ1n) is 11.8. The van der Waals surface area contributed by atoms with Gasteiger partial charge in [0.2, 0.25) is 0 Å². The van der Waals surface area contributed by atoms with Crippen molar-refractivity contribution in [3.63, 3.8) is 0 Å². The maximum Gasteiger partial charge on any atom is 0.325 e. The summed E-state index contributed by atoms with van der Waals surface area (Å²) in [6, 6.07) is 12.1. The second-order valence-corrected chi connectivity index (χ2v) is 9.68. The van der Waals surface area contributed by atoms with Crippen LogP contribution in [-0.2, 0) is 6.42 Å². The van der Waals surface area contributed by atoms with E-state index in [4.69, 9.17) is 10.00 Å². The Morgan fingerprint density at radius 2 is 1.95 bits per heavy atom. The van der Waals surface area contributed by atoms with Gasteiger partial charge in [0.25, 0.3) is 0 Å². The van der Waals surface area contributed by atoms with Gasteiger partial charge in [-0.25, -0.2) is 9.37 Å². The summed E-state index contributed by atoms with van der Waals surface area (Å²) in [4.78, 5) is 34.5. The number of thiazole rings is 1. The summed E-state index contributed by atoms with van der Waals surface area (Å²) < 4.78 is 19.9. The highest BCUT2D eigenvalue weighted by Crippen LogP contribution is 2.28. The molecule has 1 aromatic carbocycles. The SMILES string of the molecule is CN1CCN(c2cc(Nc3ncc(C#N)s3)nc(Oc3ccc(CC(=O)c4cnccc4F)cc3)n2)CC1. The van der Waals surface area contributed by atoms with Crippen LogP contribution in [0.5, 0.6) is 11.8 Å². The van der Waals surface area contributed by atoms with Crippen LogP contribution in [0.2, 0.25) is 0 Å². The number of nitrogens with one attached hydrogen (secondary N) is 1. The highest BCUT2D eigenvalue weighted by molar-refractivity contribution is 7.16. The molecular formula is C26H23FN8O2S. The van der Waals surface area contributed by atoms with E-state index in [9.17, 15) is 9.18 Å². The Morgan fingerprint density at radius 3 is 2.66 bits per heavy atom. The van der Waals surface area contributed by atoms with Gasteiger partial charge in [-0.15, -0.1) is 0 Å². The van der Waals surface area contributed by atoms with Gasteiger partial charge in [0, 0.05) is 51.1 Å². The van der Waals surface area contributed by atoms with E-state index < -0.39 is 5.82 Å². The predicted molar refractivity (Wildman–Crippen MR) is 141 cm³/mol. The van der Waals surface area contributed by atoms with Gasteiger partial charge in [0.15, 0.2) is 10.9 Å². The topological polar surface area (TPSA) is 120 Å². The third-order valence-corrected chi connectivity index (χ3v) is 6.75. The lowest BCUT2D eigenvalue weighted by Crippen LogP contribution is -2.44. The van der Waals surface area contributed by atoms with E-state index >= 15 is 0 Å². The van der Waals surface area contributed by atoms with Crippen LogP contribution >= 0.6 is 11.3 Å². The molecule has 0 spiro atoms. The predicted octanol–water partition coefficient (Wildman–Crippen LogP) is 4.05. The van der Waals surface area contributed by atoms with Crippen LogP contribution < -0.4 is 15.0 Å². The van der Waals surface area contributed by atoms with Gasteiger partial charge in [-0.3, -0.25) is 9.78 Å². The Balaban J connectivity index is 1.34. The second kappa shape index (κ2) is 11.3. The van der Waals surface area contributed by atoms with E-state index in [1.807, 2.05) is 6.07 Å². The fraction of sp³-hybridized carbons (Fsp3) is 0.231. The zero-order chi connectivity index (χ0) is 26.5. The van der Waals surface area contributed by atoms with Crippen LogP contribution in [0.4, 0.5) is 21.2 Å². The third-order valence-electron chi connectivity index (χ3n) is 5.94. The quantitative estimate of drug-likeness (QED) is 0.334. The number of pyridine rings is 1. The number of carbonyl (C=O) groups is 1. The van der Waals surface area contributed by atoms with E-state index in [0.717, 1.165) is 26.2 Å². The lowest BCUT2D eigenvalue weighted by atomic mass is 10.0. The maximum atomic E-state index is 13.9. The molecule has 12 heteroatoms. The minimum Gasteiger partial charge on any atom is -0.424 e. The average molecular weight is 531 g/mol. The highest BCUT2D eigenvalue weighted by Gasteiger charge is 2.19. The fourth-order valence-corrected chi connectivity index (χ4v) is 4.48. The number of ketones is 1. The van der Waals surface area contributed by atoms with Crippen LogP contribution in [-0.4, -0.2) is 63.8 Å². The molecule has 4 aromatic rings. The molecule has 3 aromatic heterocycles. The van der Waals surface area contributed by atoms with Crippen molar-refractivity contribution in [2.75, 3.05) is 43.4 Å². The number of likely N-dealkylation sites (N-methyl/N-ethyl adjacent to an activating group) is 1. The molecule has 10 nitrogen and oxygen atoms in total. The van der Waals surface area contributed by atoms with Crippen molar-refractivity contribution in [1.29, 1.82) is 5.26 Å². The highest BCUT2D eigenvalue weighted by atomic mass is 32.1. The monoisotopic (exact) mass is 530 g/mol. The Kier molecular flexibility index (Phi) is 7.48. The smallest absolute Gasteiger partial charge is 0.325 e. The molecule has 0 saturated carbocycles. The number of hydrogen-bond acceptors (Lipinski definition) is 11. The van der Waals surface area contributed by atoms with Crippen LogP contribution in [0.1, 0.15) is 20.8 Å². The van der Waals surface area contributed by atoms with Crippen molar-refractivity contribution in [2.45, 2.75) is 6.42 Å². The number of ether oxygens (including phenoxy) is 1. The molecule has 1 fully saturated rings. The molecule has 1 N–H and O–H groups in total. The zero-order valence-electron chi connectivity index (χ0n) is 20.5. The fourth-order valence-electron chi connectivity index (χ4n) is 3.86. The Bertz CT molecular complexity index is 1480. The van der Waals surface area contributed by atoms with Gasteiger partial charge in [0.05, 0.1) is 11.8 Å². The van der Waals surface area contributed by atoms with Gasteiger partial charge in [0.1, 0.15) is 34.1 Å². The summed E-state index contributed by atoms with van der Waals surface area (Å²) >= 11 is 1.23. The molecule has 0 radical (unpaired) electrons. The summed E-state index contributed by atoms with van der Waals surface area (Å²) in [5.74, 6) is 0.737. The lowest BCUT2D eigenvalue weighted by molar-refractivity contribution is 0.0988. The summed E-state index contributed by atoms with van der Waals surface area (Å²) in [6.07, 6.45) is 4.08. The number of piperazine rings is 1. The molecule has 0 amide bonds. The zero-order valence-corrected chi connectivity index (χ0v) is 21.3. The number of benzene rings is 1. The average Bonchev–Trinajstić information content (AvgIpc) is 3.38. The molecule has 38 heavy (non-hydrogen) atoms. The number of nitrogens with zero attached hydrogens (tertiary/aromatic N) is 7. The largest absolute Gasteiger partial charge is 0.424 e. The summed E-state index contributed by atoms with van der Waals surface area (Å²) in [5.41, 5.74) is 0.668. The number of hydrogen-bond donors (Lipinski definition) is 1. The minimum atomic E-state index is -0.589. The molecule has 1 saturated heterocycles. The van der Waals surface area contributed by atoms with Gasteiger partial charge in [-0.2, -0.15) is 15.2 Å². The van der Waals surface area contributed by atoms with E-state index in [1.54, 1.807) is 24.3 Å². The van der Waals surface area contributed by atoms with E-state index in [1.165, 1.54) is 36.0 Å². The first-order chi connectivity index (χ1) is 18.5. The van der Waals surface area contributed by atoms with Crippen molar-refractivity contribution < 1.29 is 13.9 Å². The van der Waals surface area contributed by atoms with Gasteiger partial charge in [-0.05, 0) is 30.8 Å². The minimum absolute atomic E-state index is 0.0326. The van der Waals surface area contributed by atoms with Crippen LogP contribution in [0.3, 0.4) is 0 Å². The first kappa shape index (κ1) is 25.2. The van der Waals surface area contributed by atoms with E-state index in [0.29, 0.717) is 33.0 Å². The van der Waals surface area contributed by atoms with Crippen molar-refractivity contribution in [2.24, 2.45) is 0 Å². The van der Waals surface area contributed by atoms with Crippen molar-refractivity contribution in [3.8, 4) is 17.8 Å². The van der Waals surface area contributed by atoms with E-state index in [-0.39, 0.29) is 23.8 Å². The molecule has 0 atom stereocenters. The van der Waals surface area contributed by atoms with Crippen LogP contribution in [0.25, 0.3) is 0 Å². The second-order valence-electron chi connectivity index (χ2n) is 8.65. The molecule has 5 rings (SSSR count). The molecule has 192 valence electrons. The van der Waals surface area contributed by atoms with E-state index in [2.05, 4.69) is 48.2 Å². The Hall–Kier alpha value is -4.47. The van der Waals surface area contributed by atoms with Gasteiger partial charge < -0.3 is 19.9 Å². The molecule has 1 aliphatic heterocycles. The van der Waals surface area contributed by atoms with Crippen molar-refractivity contribution >= 4 is 33.9 Å². The van der Waals surface area contributed by atoms with Crippen LogP contribution in [0, 0.1) is 17.1 Å². The molecule has 4 heterocycles. The first-order valence-corrected chi connectivity index (χ1v) is 12.6. The normalized spacial score (nSPS) is 13.7. The number of rotatable bonds is 8. The standard InChI is InChI=1S/C26H23FN8O2S/c1-34-8-10-35(11-9-34)24-13-23(32-26-30-15-19(14-28)38-26)31-25(33-24)37-18-4-2-17(3-5-18)12-22(36)20-16-29-7-6-21(20)27/h2-7,13,15-16H,8-12H2,1H3,(H,30,31,32,33). The number of halogens is 1. The number of Topliss-reactive ketones (excluding diaryl/α,β-unsaturated/α-hetero) is 1. The number of anilines is 3. The number of carbonyl (C=O) groups excluding carboxylic acids is 1. The summed E-state index contributed by atoms with van der Waals surface area (Å²) in [6.45, 7) is 3.43. The Morgan fingerprint density at radius 1 is 1.16 bits per heavy atom. The summed E-state index contributed by atoms with van der Waals surface area (Å²) in [7, 11) is 2.08. The maximum absolute atomic E-state index is 13.9. The van der Waals surface area contributed by atoms with Gasteiger partial charge >= 0.3 is 6.01 Å². The molecule has 0 unspecified atom stereocenters. The summed E-state index contributed by atoms with van der Waals surface area (Å²) in [5, 5.41) is 12.8. The van der Waals surface area contributed by atoms with Crippen molar-refractivity contribution in [1.82, 2.24) is 24.8 Å². The lowest BCUT2D eigenvalue weighted by Gasteiger charge is -2.33. The molecular weight excluding hydrogens is 507 g/mol. The molecule has 0 bridgehead atoms. The third kappa shape index (κ3) is 6.08.